The minimum absolute atomic E-state index is 0. The fourth-order valence-electron chi connectivity index (χ4n) is 0.644. The van der Waals surface area contributed by atoms with Gasteiger partial charge in [-0.2, -0.15) is 0 Å². The van der Waals surface area contributed by atoms with Gasteiger partial charge in [0, 0.05) is 6.42 Å². The molecular weight excluding hydrogens is 263 g/mol. The Morgan fingerprint density at radius 3 is 2.19 bits per heavy atom. The monoisotopic (exact) mass is 275 g/mol. The van der Waals surface area contributed by atoms with Gasteiger partial charge in [-0.25, -0.2) is 5.06 Å². The van der Waals surface area contributed by atoms with Crippen LogP contribution in [-0.4, -0.2) is 49.7 Å². The molecule has 11 heteroatoms. The van der Waals surface area contributed by atoms with Crippen LogP contribution in [0.3, 0.4) is 0 Å². The molecule has 8 nitrogen and oxygen atoms in total. The average Bonchev–Trinajstić information content (AvgIpc) is 2.02. The first-order valence-corrected chi connectivity index (χ1v) is 5.06. The summed E-state index contributed by atoms with van der Waals surface area (Å²) in [5.41, 5.74) is -1.44. The van der Waals surface area contributed by atoms with Crippen molar-refractivity contribution >= 4 is 19.5 Å². The van der Waals surface area contributed by atoms with Gasteiger partial charge < -0.3 is 17.7 Å². The van der Waals surface area contributed by atoms with E-state index in [-0.39, 0.29) is 73.4 Å². The molecule has 1 amide bonds. The summed E-state index contributed by atoms with van der Waals surface area (Å²) < 4.78 is 10.3. The van der Waals surface area contributed by atoms with Gasteiger partial charge in [0.1, 0.15) is 0 Å². The molecule has 16 heavy (non-hydrogen) atoms. The van der Waals surface area contributed by atoms with Gasteiger partial charge in [0.25, 0.3) is 0 Å². The molecule has 0 saturated carbocycles. The molecule has 0 bridgehead atoms. The van der Waals surface area contributed by atoms with Crippen LogP contribution >= 0.6 is 7.60 Å². The van der Waals surface area contributed by atoms with Crippen LogP contribution in [0, 0.1) is 0 Å². The molecule has 0 aromatic carbocycles. The summed E-state index contributed by atoms with van der Waals surface area (Å²) in [5.74, 6) is 0. The van der Waals surface area contributed by atoms with Gasteiger partial charge in [-0.1, -0.05) is 0 Å². The van der Waals surface area contributed by atoms with Crippen LogP contribution in [0.1, 0.15) is 9.27 Å². The van der Waals surface area contributed by atoms with Crippen molar-refractivity contribution in [1.29, 1.82) is 0 Å². The quantitative estimate of drug-likeness (QED) is 0.124. The van der Waals surface area contributed by atoms with Crippen molar-refractivity contribution in [3.05, 3.63) is 0 Å². The van der Waals surface area contributed by atoms with Crippen LogP contribution in [0.15, 0.2) is 0 Å². The second kappa shape index (κ2) is 10.2. The maximum Gasteiger partial charge on any atom is 1.00 e. The van der Waals surface area contributed by atoms with Crippen molar-refractivity contribution < 1.29 is 96.2 Å². The van der Waals surface area contributed by atoms with Crippen molar-refractivity contribution in [3.8, 4) is 0 Å². The zero-order chi connectivity index (χ0) is 11.4. The molecule has 0 heterocycles. The van der Waals surface area contributed by atoms with E-state index >= 15 is 0 Å². The molecule has 0 fully saturated rings. The average molecular weight is 275 g/mol. The summed E-state index contributed by atoms with van der Waals surface area (Å²) in [5, 5.41) is 17.6. The van der Waals surface area contributed by atoms with Gasteiger partial charge in [-0.15, -0.1) is 0 Å². The van der Waals surface area contributed by atoms with E-state index in [9.17, 15) is 14.2 Å². The first-order chi connectivity index (χ1) is 6.27. The molecule has 0 aromatic heterocycles. The van der Waals surface area contributed by atoms with Gasteiger partial charge >= 0.3 is 66.7 Å². The number of nitrogens with zero attached hydrogens (tertiary/aromatic N) is 1. The molecule has 0 radical (unpaired) electrons. The van der Waals surface area contributed by atoms with Gasteiger partial charge in [-0.05, 0) is 0 Å². The van der Waals surface area contributed by atoms with Crippen molar-refractivity contribution in [1.82, 2.24) is 5.06 Å². The molecule has 0 spiro atoms. The zero-order valence-corrected chi connectivity index (χ0v) is 13.9. The zero-order valence-electron chi connectivity index (χ0n) is 11.0. The summed E-state index contributed by atoms with van der Waals surface area (Å²) in [7, 11) is -4.85. The Balaban J connectivity index is -0.000000141. The predicted octanol–water partition coefficient (Wildman–Crippen LogP) is -7.48. The summed E-state index contributed by atoms with van der Waals surface area (Å²) in [6, 6.07) is 0. The van der Waals surface area contributed by atoms with Gasteiger partial charge in [0.2, 0.25) is 11.9 Å². The molecule has 4 N–H and O–H groups in total. The number of rotatable bonds is 6. The minimum Gasteiger partial charge on any atom is -1.00 e. The maximum absolute atomic E-state index is 10.6. The molecule has 86 valence electrons. The van der Waals surface area contributed by atoms with Crippen molar-refractivity contribution in [2.24, 2.45) is 0 Å². The maximum atomic E-state index is 10.6. The van der Waals surface area contributed by atoms with E-state index in [0.717, 1.165) is 0 Å². The Labute approximate surface area is 139 Å². The van der Waals surface area contributed by atoms with Crippen LogP contribution < -0.4 is 59.1 Å². The first kappa shape index (κ1) is 22.4. The van der Waals surface area contributed by atoms with Crippen LogP contribution in [0.25, 0.3) is 0 Å². The number of aliphatic hydroxyl groups excluding tert-OH is 1. The molecule has 0 aliphatic carbocycles. The van der Waals surface area contributed by atoms with E-state index in [4.69, 9.17) is 20.1 Å². The normalized spacial score (nSPS) is 11.8. The van der Waals surface area contributed by atoms with Crippen LogP contribution in [0.4, 0.5) is 0 Å². The second-order valence-corrected chi connectivity index (χ2v) is 4.11. The minimum atomic E-state index is -4.85. The number of hydrogen-bond donors (Lipinski definition) is 4. The van der Waals surface area contributed by atoms with E-state index in [0.29, 0.717) is 0 Å². The SMILES string of the molecule is O=CN(O)CC(O)CC(=O)P(=O)(O)O.[H-].[H-].[Na+].[Na+]. The van der Waals surface area contributed by atoms with Crippen molar-refractivity contribution in [3.63, 3.8) is 0 Å². The van der Waals surface area contributed by atoms with Gasteiger partial charge in [-0.3, -0.25) is 19.4 Å². The number of amides is 1. The number of aliphatic hydroxyl groups is 1. The number of carbonyl (C=O) groups is 2. The van der Waals surface area contributed by atoms with E-state index in [1.807, 2.05) is 0 Å². The van der Waals surface area contributed by atoms with E-state index < -0.39 is 32.2 Å². The molecular formula is C5H12NNa2O7P. The van der Waals surface area contributed by atoms with Crippen LogP contribution in [0.5, 0.6) is 0 Å². The standard InChI is InChI=1S/C5H10NO7P.2Na.2H/c7-3-6(10)2-4(8)1-5(9)14(11,12)13;;;;/h3-4,8,10H,1-2H2,(H2,11,12,13);;;;/q;2*+1;2*-1. The molecule has 0 aliphatic rings. The van der Waals surface area contributed by atoms with E-state index in [1.54, 1.807) is 0 Å². The summed E-state index contributed by atoms with van der Waals surface area (Å²) in [4.78, 5) is 37.1. The van der Waals surface area contributed by atoms with Crippen LogP contribution in [0.2, 0.25) is 0 Å². The number of carbonyl (C=O) groups excluding carboxylic acids is 2. The molecule has 1 atom stereocenters. The third kappa shape index (κ3) is 10.4. The Morgan fingerprint density at radius 2 is 1.88 bits per heavy atom. The van der Waals surface area contributed by atoms with Crippen molar-refractivity contribution in [2.75, 3.05) is 6.54 Å². The summed E-state index contributed by atoms with van der Waals surface area (Å²) >= 11 is 0. The topological polar surface area (TPSA) is 135 Å². The summed E-state index contributed by atoms with van der Waals surface area (Å²) in [6.45, 7) is -0.588. The first-order valence-electron chi connectivity index (χ1n) is 3.45. The Bertz CT molecular complexity index is 279. The molecule has 0 saturated heterocycles. The number of hydrogen-bond acceptors (Lipinski definition) is 5. The van der Waals surface area contributed by atoms with Crippen LogP contribution in [-0.2, 0) is 14.2 Å². The second-order valence-electron chi connectivity index (χ2n) is 2.52. The fraction of sp³-hybridized carbons (Fsp3) is 0.600. The third-order valence-corrected chi connectivity index (χ3v) is 2.09. The van der Waals surface area contributed by atoms with E-state index in [2.05, 4.69) is 0 Å². The third-order valence-electron chi connectivity index (χ3n) is 1.25. The van der Waals surface area contributed by atoms with Gasteiger partial charge in [0.05, 0.1) is 12.6 Å². The number of hydroxylamine groups is 2. The molecule has 1 unspecified atom stereocenters. The largest absolute Gasteiger partial charge is 1.00 e. The van der Waals surface area contributed by atoms with Gasteiger partial charge in [0.15, 0.2) is 0 Å². The summed E-state index contributed by atoms with van der Waals surface area (Å²) in [6.07, 6.45) is -2.34. The van der Waals surface area contributed by atoms with E-state index in [1.165, 1.54) is 0 Å². The molecule has 0 aliphatic heterocycles. The predicted molar refractivity (Wildman–Crippen MR) is 44.5 cm³/mol. The Morgan fingerprint density at radius 1 is 1.44 bits per heavy atom. The van der Waals surface area contributed by atoms with Crippen molar-refractivity contribution in [2.45, 2.75) is 12.5 Å². The fourth-order valence-corrected chi connectivity index (χ4v) is 1.09. The molecule has 0 rings (SSSR count). The smallest absolute Gasteiger partial charge is 1.00 e. The Kier molecular flexibility index (Phi) is 14.2. The Hall–Kier alpha value is 1.21. The molecule has 0 aromatic rings.